The Labute approximate surface area is 154 Å². The third-order valence-corrected chi connectivity index (χ3v) is 6.20. The van der Waals surface area contributed by atoms with Crippen LogP contribution < -0.4 is 21.0 Å². The lowest BCUT2D eigenvalue weighted by Gasteiger charge is -2.29. The number of benzene rings is 1. The summed E-state index contributed by atoms with van der Waals surface area (Å²) in [7, 11) is 0. The summed E-state index contributed by atoms with van der Waals surface area (Å²) in [5.41, 5.74) is 2.70. The average molecular weight is 352 g/mol. The smallest absolute Gasteiger partial charge is 0.200 e. The Kier molecular flexibility index (Phi) is 4.19. The zero-order valence-corrected chi connectivity index (χ0v) is 16.2. The molecule has 2 atom stereocenters. The monoisotopic (exact) mass is 352 g/mol. The molecule has 1 heterocycles. The van der Waals surface area contributed by atoms with Crippen molar-refractivity contribution in [2.75, 3.05) is 31.1 Å². The maximum Gasteiger partial charge on any atom is 0.200 e. The molecule has 4 heteroatoms. The fraction of sp³-hybridized carbons (Fsp3) is 0.500. The van der Waals surface area contributed by atoms with Gasteiger partial charge < -0.3 is 9.32 Å². The van der Waals surface area contributed by atoms with E-state index in [1.807, 2.05) is 18.2 Å². The van der Waals surface area contributed by atoms with Crippen molar-refractivity contribution in [3.8, 4) is 0 Å². The second-order valence-corrected chi connectivity index (χ2v) is 7.35. The molecule has 0 amide bonds. The van der Waals surface area contributed by atoms with Gasteiger partial charge in [-0.05, 0) is 51.6 Å². The molecule has 0 aliphatic heterocycles. The van der Waals surface area contributed by atoms with E-state index in [4.69, 9.17) is 4.42 Å². The van der Waals surface area contributed by atoms with Gasteiger partial charge in [-0.3, -0.25) is 9.69 Å². The van der Waals surface area contributed by atoms with Crippen LogP contribution in [0.5, 0.6) is 0 Å². The second kappa shape index (κ2) is 6.27. The van der Waals surface area contributed by atoms with E-state index in [9.17, 15) is 4.79 Å². The molecule has 1 saturated carbocycles. The molecule has 0 saturated heterocycles. The summed E-state index contributed by atoms with van der Waals surface area (Å²) in [6, 6.07) is 5.96. The average Bonchev–Trinajstić information content (AvgIpc) is 3.36. The Morgan fingerprint density at radius 3 is 2.50 bits per heavy atom. The third kappa shape index (κ3) is 2.43. The third-order valence-electron chi connectivity index (χ3n) is 6.20. The Hall–Kier alpha value is -2.07. The van der Waals surface area contributed by atoms with Crippen LogP contribution in [0, 0.1) is 5.92 Å². The second-order valence-electron chi connectivity index (χ2n) is 7.35. The summed E-state index contributed by atoms with van der Waals surface area (Å²) in [4.78, 5) is 17.8. The first-order valence-electron chi connectivity index (χ1n) is 9.89. The molecule has 0 N–H and O–H groups in total. The zero-order chi connectivity index (χ0) is 18.5. The summed E-state index contributed by atoms with van der Waals surface area (Å²) < 4.78 is 6.27. The lowest BCUT2D eigenvalue weighted by atomic mass is 10.0. The van der Waals surface area contributed by atoms with Crippen molar-refractivity contribution >= 4 is 28.8 Å². The van der Waals surface area contributed by atoms with Crippen LogP contribution in [-0.2, 0) is 0 Å². The molecule has 4 rings (SSSR count). The molecule has 0 spiro atoms. The van der Waals surface area contributed by atoms with Gasteiger partial charge in [0.25, 0.3) is 0 Å². The minimum Gasteiger partial charge on any atom is -0.456 e. The van der Waals surface area contributed by atoms with Crippen molar-refractivity contribution in [2.24, 2.45) is 5.92 Å². The van der Waals surface area contributed by atoms with E-state index in [-0.39, 0.29) is 11.0 Å². The van der Waals surface area contributed by atoms with E-state index in [1.165, 1.54) is 0 Å². The molecule has 1 aromatic carbocycles. The van der Waals surface area contributed by atoms with Gasteiger partial charge in [0.15, 0.2) is 5.43 Å². The molecule has 2 unspecified atom stereocenters. The maximum atomic E-state index is 13.0. The Bertz CT molecular complexity index is 1010. The number of hydrogen-bond donors (Lipinski definition) is 0. The molecule has 0 radical (unpaired) electrons. The molecule has 0 bridgehead atoms. The Balaban J connectivity index is 1.91. The van der Waals surface area contributed by atoms with E-state index in [0.29, 0.717) is 16.9 Å². The fourth-order valence-corrected chi connectivity index (χ4v) is 4.62. The van der Waals surface area contributed by atoms with Crippen LogP contribution in [0.15, 0.2) is 27.4 Å². The van der Waals surface area contributed by atoms with E-state index in [1.54, 1.807) is 0 Å². The summed E-state index contributed by atoms with van der Waals surface area (Å²) in [5.74, 6) is 0.435. The summed E-state index contributed by atoms with van der Waals surface area (Å²) in [6.45, 7) is 12.6. The van der Waals surface area contributed by atoms with Crippen LogP contribution in [0.2, 0.25) is 0 Å². The predicted octanol–water partition coefficient (Wildman–Crippen LogP) is 2.31. The molecule has 138 valence electrons. The van der Waals surface area contributed by atoms with Crippen LogP contribution in [0.25, 0.3) is 23.1 Å². The molecule has 2 aliphatic rings. The highest BCUT2D eigenvalue weighted by Crippen LogP contribution is 2.51. The van der Waals surface area contributed by atoms with Gasteiger partial charge in [0.2, 0.25) is 0 Å². The normalized spacial score (nSPS) is 23.2. The number of anilines is 1. The summed E-state index contributed by atoms with van der Waals surface area (Å²) in [6.07, 6.45) is 5.45. The van der Waals surface area contributed by atoms with E-state index in [2.05, 4.69) is 49.6 Å². The van der Waals surface area contributed by atoms with Crippen LogP contribution >= 0.6 is 0 Å². The highest BCUT2D eigenvalue weighted by atomic mass is 16.3. The standard InChI is InChI=1S/C22H28N2O2/c1-5-23(6-2)16-9-10-17-19(12-16)26-20-14-22(24(7-3)8-4)13-15(22)11-18(20)21(17)25/h9-12,14-15H,5-8,13H2,1-4H3. The lowest BCUT2D eigenvalue weighted by molar-refractivity contribution is 0.239. The van der Waals surface area contributed by atoms with Gasteiger partial charge >= 0.3 is 0 Å². The van der Waals surface area contributed by atoms with Gasteiger partial charge in [-0.2, -0.15) is 0 Å². The van der Waals surface area contributed by atoms with E-state index >= 15 is 0 Å². The first kappa shape index (κ1) is 17.3. The Morgan fingerprint density at radius 1 is 1.12 bits per heavy atom. The number of hydrogen-bond acceptors (Lipinski definition) is 4. The molecule has 4 nitrogen and oxygen atoms in total. The summed E-state index contributed by atoms with van der Waals surface area (Å²) >= 11 is 0. The van der Waals surface area contributed by atoms with Gasteiger partial charge in [0, 0.05) is 36.3 Å². The lowest BCUT2D eigenvalue weighted by Crippen LogP contribution is -2.47. The van der Waals surface area contributed by atoms with Gasteiger partial charge in [-0.1, -0.05) is 19.9 Å². The van der Waals surface area contributed by atoms with Crippen molar-refractivity contribution in [3.05, 3.63) is 39.1 Å². The van der Waals surface area contributed by atoms with Crippen LogP contribution in [-0.4, -0.2) is 36.6 Å². The van der Waals surface area contributed by atoms with Crippen molar-refractivity contribution in [2.45, 2.75) is 39.7 Å². The van der Waals surface area contributed by atoms with Crippen molar-refractivity contribution in [1.82, 2.24) is 4.90 Å². The molecular weight excluding hydrogens is 324 g/mol. The zero-order valence-electron chi connectivity index (χ0n) is 16.2. The number of rotatable bonds is 6. The van der Waals surface area contributed by atoms with Gasteiger partial charge in [0.1, 0.15) is 11.0 Å². The van der Waals surface area contributed by atoms with Crippen LogP contribution in [0.1, 0.15) is 34.1 Å². The van der Waals surface area contributed by atoms with E-state index in [0.717, 1.165) is 48.9 Å². The predicted molar refractivity (Wildman–Crippen MR) is 108 cm³/mol. The first-order chi connectivity index (χ1) is 12.6. The van der Waals surface area contributed by atoms with Crippen molar-refractivity contribution in [1.29, 1.82) is 0 Å². The molecule has 1 fully saturated rings. The van der Waals surface area contributed by atoms with Crippen LogP contribution in [0.4, 0.5) is 5.69 Å². The van der Waals surface area contributed by atoms with Crippen LogP contribution in [0.3, 0.4) is 0 Å². The molecule has 2 aromatic rings. The fourth-order valence-electron chi connectivity index (χ4n) is 4.62. The largest absolute Gasteiger partial charge is 0.456 e. The number of fused-ring (bicyclic) bond motifs is 3. The minimum atomic E-state index is 0.0522. The summed E-state index contributed by atoms with van der Waals surface area (Å²) in [5, 5.41) is 1.43. The molecule has 1 aromatic heterocycles. The number of nitrogens with zero attached hydrogens (tertiary/aromatic N) is 2. The topological polar surface area (TPSA) is 36.7 Å². The highest BCUT2D eigenvalue weighted by Gasteiger charge is 2.55. The SMILES string of the molecule is CCN(CC)c1ccc2c(=O)c3c(oc2c1)=CC1(N(CC)CC)CC1C=3. The maximum absolute atomic E-state index is 13.0. The molecule has 2 aliphatic carbocycles. The first-order valence-corrected chi connectivity index (χ1v) is 9.89. The van der Waals surface area contributed by atoms with Crippen molar-refractivity contribution < 1.29 is 4.42 Å². The van der Waals surface area contributed by atoms with Gasteiger partial charge in [-0.25, -0.2) is 0 Å². The molecular formula is C22H28N2O2. The van der Waals surface area contributed by atoms with E-state index < -0.39 is 0 Å². The van der Waals surface area contributed by atoms with Gasteiger partial charge in [0.05, 0.1) is 10.6 Å². The highest BCUT2D eigenvalue weighted by molar-refractivity contribution is 5.81. The van der Waals surface area contributed by atoms with Crippen molar-refractivity contribution in [3.63, 3.8) is 0 Å². The Morgan fingerprint density at radius 2 is 1.85 bits per heavy atom. The quantitative estimate of drug-likeness (QED) is 0.799. The minimum absolute atomic E-state index is 0.0522. The van der Waals surface area contributed by atoms with Gasteiger partial charge in [-0.15, -0.1) is 0 Å². The molecule has 26 heavy (non-hydrogen) atoms.